The van der Waals surface area contributed by atoms with Gasteiger partial charge in [0, 0.05) is 25.7 Å². The molecule has 0 atom stereocenters. The van der Waals surface area contributed by atoms with Crippen LogP contribution in [0.3, 0.4) is 0 Å². The molecule has 3 aromatic carbocycles. The van der Waals surface area contributed by atoms with Gasteiger partial charge in [0.05, 0.1) is 31.7 Å². The Labute approximate surface area is 278 Å². The third kappa shape index (κ3) is 7.71. The van der Waals surface area contributed by atoms with Gasteiger partial charge in [0.25, 0.3) is 5.56 Å². The molecule has 5 rings (SSSR count). The molecule has 12 nitrogen and oxygen atoms in total. The molecule has 1 saturated heterocycles. The van der Waals surface area contributed by atoms with Crippen LogP contribution in [0.25, 0.3) is 10.9 Å². The van der Waals surface area contributed by atoms with Gasteiger partial charge in [0.1, 0.15) is 12.4 Å². The van der Waals surface area contributed by atoms with Gasteiger partial charge in [-0.25, -0.2) is 14.4 Å². The van der Waals surface area contributed by atoms with Crippen molar-refractivity contribution >= 4 is 23.1 Å². The van der Waals surface area contributed by atoms with E-state index in [4.69, 9.17) is 18.9 Å². The Morgan fingerprint density at radius 2 is 1.60 bits per heavy atom. The predicted molar refractivity (Wildman–Crippen MR) is 180 cm³/mol. The summed E-state index contributed by atoms with van der Waals surface area (Å²) < 4.78 is 24.4. The van der Waals surface area contributed by atoms with E-state index in [-0.39, 0.29) is 25.7 Å². The predicted octanol–water partition coefficient (Wildman–Crippen LogP) is 5.35. The molecule has 1 N–H and O–H groups in total. The van der Waals surface area contributed by atoms with Gasteiger partial charge in [-0.15, -0.1) is 0 Å². The van der Waals surface area contributed by atoms with E-state index in [2.05, 4.69) is 5.32 Å². The third-order valence-corrected chi connectivity index (χ3v) is 8.41. The van der Waals surface area contributed by atoms with Crippen molar-refractivity contribution in [2.24, 2.45) is 0 Å². The molecule has 252 valence electrons. The lowest BCUT2D eigenvalue weighted by atomic mass is 10.0. The number of allylic oxidation sites excluding steroid dienone is 2. The van der Waals surface area contributed by atoms with E-state index >= 15 is 0 Å². The highest BCUT2D eigenvalue weighted by Crippen LogP contribution is 2.28. The number of ether oxygens (including phenoxy) is 4. The van der Waals surface area contributed by atoms with Crippen molar-refractivity contribution in [2.75, 3.05) is 27.3 Å². The average molecular weight is 657 g/mol. The Kier molecular flexibility index (Phi) is 10.8. The average Bonchev–Trinajstić information content (AvgIpc) is 3.12. The minimum absolute atomic E-state index is 0.00392. The van der Waals surface area contributed by atoms with Gasteiger partial charge in [-0.3, -0.25) is 13.9 Å². The molecule has 0 unspecified atom stereocenters. The fourth-order valence-electron chi connectivity index (χ4n) is 5.73. The van der Waals surface area contributed by atoms with Gasteiger partial charge >= 0.3 is 17.9 Å². The Balaban J connectivity index is 1.45. The number of fused-ring (bicyclic) bond motifs is 1. The molecule has 1 aliphatic rings. The van der Waals surface area contributed by atoms with Crippen molar-refractivity contribution in [3.8, 4) is 11.5 Å². The minimum Gasteiger partial charge on any atom is -0.493 e. The van der Waals surface area contributed by atoms with E-state index in [0.29, 0.717) is 65.2 Å². The first-order valence-electron chi connectivity index (χ1n) is 15.8. The van der Waals surface area contributed by atoms with Crippen LogP contribution in [0.5, 0.6) is 11.5 Å². The maximum Gasteiger partial charge on any atom is 0.412 e. The lowest BCUT2D eigenvalue weighted by Crippen LogP contribution is -2.45. The first kappa shape index (κ1) is 33.8. The van der Waals surface area contributed by atoms with Crippen molar-refractivity contribution in [1.29, 1.82) is 0 Å². The number of hydrogen-bond donors (Lipinski definition) is 1. The minimum atomic E-state index is -0.615. The normalized spacial score (nSPS) is 13.7. The Hall–Kier alpha value is -5.52. The number of methoxy groups -OCH3 is 2. The van der Waals surface area contributed by atoms with E-state index in [1.807, 2.05) is 30.3 Å². The number of carbonyl (C=O) groups excluding carboxylic acids is 2. The molecule has 4 aromatic rings. The second-order valence-corrected chi connectivity index (χ2v) is 11.5. The molecular weight excluding hydrogens is 616 g/mol. The van der Waals surface area contributed by atoms with Gasteiger partial charge in [0.2, 0.25) is 0 Å². The first-order valence-corrected chi connectivity index (χ1v) is 15.8. The molecule has 0 bridgehead atoms. The number of rotatable bonds is 10. The van der Waals surface area contributed by atoms with Crippen LogP contribution in [0.15, 0.2) is 88.2 Å². The lowest BCUT2D eigenvalue weighted by molar-refractivity contribution is 0.0830. The summed E-state index contributed by atoms with van der Waals surface area (Å²) in [7, 11) is 3.05. The first-order chi connectivity index (χ1) is 23.2. The van der Waals surface area contributed by atoms with Crippen LogP contribution in [-0.4, -0.2) is 53.5 Å². The second-order valence-electron chi connectivity index (χ2n) is 11.5. The summed E-state index contributed by atoms with van der Waals surface area (Å²) in [6, 6.07) is 19.6. The molecule has 1 aromatic heterocycles. The van der Waals surface area contributed by atoms with E-state index in [1.54, 1.807) is 65.8 Å². The van der Waals surface area contributed by atoms with Gasteiger partial charge in [-0.1, -0.05) is 42.5 Å². The molecular formula is C36H40N4O8. The highest BCUT2D eigenvalue weighted by Gasteiger charge is 2.28. The van der Waals surface area contributed by atoms with Gasteiger partial charge in [0.15, 0.2) is 11.5 Å². The quantitative estimate of drug-likeness (QED) is 0.226. The second kappa shape index (κ2) is 15.4. The lowest BCUT2D eigenvalue weighted by Gasteiger charge is -2.33. The largest absolute Gasteiger partial charge is 0.493 e. The van der Waals surface area contributed by atoms with Crippen LogP contribution in [0.4, 0.5) is 9.59 Å². The van der Waals surface area contributed by atoms with Crippen LogP contribution in [-0.2, 0) is 29.2 Å². The maximum absolute atomic E-state index is 14.2. The summed E-state index contributed by atoms with van der Waals surface area (Å²) in [6.45, 7) is 4.50. The molecule has 0 saturated carbocycles. The molecule has 0 radical (unpaired) electrons. The molecule has 1 aliphatic heterocycles. The van der Waals surface area contributed by atoms with Crippen molar-refractivity contribution in [3.05, 3.63) is 116 Å². The van der Waals surface area contributed by atoms with Gasteiger partial charge in [-0.2, -0.15) is 0 Å². The summed E-state index contributed by atoms with van der Waals surface area (Å²) in [5.74, 6) is 1.46. The van der Waals surface area contributed by atoms with Gasteiger partial charge in [-0.05, 0) is 73.7 Å². The number of nitrogens with one attached hydrogen (secondary N) is 1. The van der Waals surface area contributed by atoms with Crippen molar-refractivity contribution in [1.82, 2.24) is 19.4 Å². The summed E-state index contributed by atoms with van der Waals surface area (Å²) >= 11 is 0. The smallest absolute Gasteiger partial charge is 0.412 e. The monoisotopic (exact) mass is 656 g/mol. The summed E-state index contributed by atoms with van der Waals surface area (Å²) in [5.41, 5.74) is 1.80. The SMILES string of the molecule is C/C=C(\C)OC(=O)NCc1ccc2c(c1)c(=O)n(Cc1ccc(OC)c(OC)c1)c(=O)n2C1CCN(C(=O)OCc2ccccc2)CC1. The zero-order chi connectivity index (χ0) is 34.2. The number of carbonyl (C=O) groups is 2. The number of amides is 2. The maximum atomic E-state index is 14.2. The van der Waals surface area contributed by atoms with Crippen molar-refractivity contribution < 1.29 is 28.5 Å². The highest BCUT2D eigenvalue weighted by atomic mass is 16.6. The Morgan fingerprint density at radius 1 is 0.896 bits per heavy atom. The zero-order valence-corrected chi connectivity index (χ0v) is 27.6. The zero-order valence-electron chi connectivity index (χ0n) is 27.6. The molecule has 0 spiro atoms. The molecule has 0 aliphatic carbocycles. The number of aromatic nitrogens is 2. The Morgan fingerprint density at radius 3 is 2.29 bits per heavy atom. The van der Waals surface area contributed by atoms with Crippen LogP contribution in [0, 0.1) is 0 Å². The number of nitrogens with zero attached hydrogens (tertiary/aromatic N) is 3. The Bertz CT molecular complexity index is 1920. The standard InChI is InChI=1S/C36H40N4O8/c1-5-24(2)48-34(42)37-21-26-11-13-30-29(19-26)33(41)39(22-27-12-14-31(45-3)32(20-27)46-4)35(43)40(30)28-15-17-38(18-16-28)36(44)47-23-25-9-7-6-8-10-25/h5-14,19-20,28H,15-18,21-23H2,1-4H3,(H,37,42)/b24-5+. The van der Waals surface area contributed by atoms with E-state index in [9.17, 15) is 19.2 Å². The van der Waals surface area contributed by atoms with Gasteiger partial charge < -0.3 is 29.2 Å². The van der Waals surface area contributed by atoms with Crippen LogP contribution < -0.4 is 26.0 Å². The molecule has 12 heteroatoms. The van der Waals surface area contributed by atoms with Crippen molar-refractivity contribution in [2.45, 2.75) is 52.4 Å². The number of likely N-dealkylation sites (tertiary alicyclic amines) is 1. The van der Waals surface area contributed by atoms with E-state index in [1.165, 1.54) is 18.8 Å². The fraction of sp³-hybridized carbons (Fsp3) is 0.333. The third-order valence-electron chi connectivity index (χ3n) is 8.41. The van der Waals surface area contributed by atoms with Crippen LogP contribution in [0.2, 0.25) is 0 Å². The van der Waals surface area contributed by atoms with Crippen LogP contribution in [0.1, 0.15) is 49.4 Å². The molecule has 1 fully saturated rings. The number of alkyl carbamates (subject to hydrolysis) is 1. The molecule has 2 heterocycles. The number of piperidine rings is 1. The van der Waals surface area contributed by atoms with Crippen LogP contribution >= 0.6 is 0 Å². The van der Waals surface area contributed by atoms with Crippen molar-refractivity contribution in [3.63, 3.8) is 0 Å². The molecule has 2 amide bonds. The number of hydrogen-bond acceptors (Lipinski definition) is 8. The van der Waals surface area contributed by atoms with E-state index < -0.39 is 23.4 Å². The summed E-state index contributed by atoms with van der Waals surface area (Å²) in [6.07, 6.45) is 1.63. The fourth-order valence-corrected chi connectivity index (χ4v) is 5.73. The topological polar surface area (TPSA) is 130 Å². The summed E-state index contributed by atoms with van der Waals surface area (Å²) in [4.78, 5) is 54.9. The molecule has 48 heavy (non-hydrogen) atoms. The highest BCUT2D eigenvalue weighted by molar-refractivity contribution is 5.79. The summed E-state index contributed by atoms with van der Waals surface area (Å²) in [5, 5.41) is 3.03. The van der Waals surface area contributed by atoms with E-state index in [0.717, 1.165) is 5.56 Å². The number of benzene rings is 3.